The molecule has 0 spiro atoms. The number of nitrogens with one attached hydrogen (secondary N) is 1. The molecule has 0 saturated carbocycles. The number of fused-ring (bicyclic) bond motifs is 2. The van der Waals surface area contributed by atoms with Crippen molar-refractivity contribution in [3.63, 3.8) is 0 Å². The summed E-state index contributed by atoms with van der Waals surface area (Å²) >= 11 is 0. The van der Waals surface area contributed by atoms with Gasteiger partial charge in [0.25, 0.3) is 0 Å². The van der Waals surface area contributed by atoms with Gasteiger partial charge in [-0.05, 0) is 28.7 Å². The summed E-state index contributed by atoms with van der Waals surface area (Å²) in [5.41, 5.74) is 3.81. The van der Waals surface area contributed by atoms with Crippen molar-refractivity contribution in [1.29, 1.82) is 0 Å². The summed E-state index contributed by atoms with van der Waals surface area (Å²) in [6, 6.07) is 19.7. The molecule has 1 aliphatic carbocycles. The lowest BCUT2D eigenvalue weighted by Gasteiger charge is -2.20. The van der Waals surface area contributed by atoms with Crippen LogP contribution in [-0.4, -0.2) is 17.5 Å². The Hall–Kier alpha value is -3.79. The van der Waals surface area contributed by atoms with E-state index < -0.39 is 0 Å². The highest BCUT2D eigenvalue weighted by Crippen LogP contribution is 2.32. The minimum Gasteiger partial charge on any atom is -0.322 e. The van der Waals surface area contributed by atoms with Crippen LogP contribution >= 0.6 is 0 Å². The van der Waals surface area contributed by atoms with E-state index in [0.29, 0.717) is 22.4 Å². The van der Waals surface area contributed by atoms with Crippen molar-refractivity contribution in [3.8, 4) is 0 Å². The summed E-state index contributed by atoms with van der Waals surface area (Å²) in [6.45, 7) is 6.45. The first-order valence-corrected chi connectivity index (χ1v) is 10.2. The van der Waals surface area contributed by atoms with E-state index in [1.807, 2.05) is 24.3 Å². The van der Waals surface area contributed by atoms with E-state index in [1.165, 1.54) is 11.6 Å². The summed E-state index contributed by atoms with van der Waals surface area (Å²) in [5, 5.41) is 2.76. The van der Waals surface area contributed by atoms with Gasteiger partial charge in [-0.1, -0.05) is 81.4 Å². The van der Waals surface area contributed by atoms with Crippen LogP contribution in [0.4, 0.5) is 5.69 Å². The van der Waals surface area contributed by atoms with Crippen molar-refractivity contribution in [1.82, 2.24) is 0 Å². The van der Waals surface area contributed by atoms with Gasteiger partial charge in [-0.2, -0.15) is 0 Å². The number of anilines is 1. The maximum Gasteiger partial charge on any atom is 0.248 e. The van der Waals surface area contributed by atoms with Crippen molar-refractivity contribution >= 4 is 29.2 Å². The van der Waals surface area contributed by atoms with Crippen molar-refractivity contribution in [2.24, 2.45) is 0 Å². The Kier molecular flexibility index (Phi) is 5.15. The monoisotopic (exact) mass is 409 g/mol. The van der Waals surface area contributed by atoms with Crippen LogP contribution in [0.1, 0.15) is 63.7 Å². The quantitative estimate of drug-likeness (QED) is 0.460. The predicted molar refractivity (Wildman–Crippen MR) is 123 cm³/mol. The lowest BCUT2D eigenvalue weighted by molar-refractivity contribution is -0.111. The SMILES string of the molecule is CC(C)(C)c1ccc(/C=C\C(=O)Nc2cccc3c2C(=O)c2ccccc2C3=O)cc1. The van der Waals surface area contributed by atoms with Crippen LogP contribution in [0.2, 0.25) is 0 Å². The summed E-state index contributed by atoms with van der Waals surface area (Å²) in [6.07, 6.45) is 3.15. The summed E-state index contributed by atoms with van der Waals surface area (Å²) in [4.78, 5) is 38.4. The fourth-order valence-corrected chi connectivity index (χ4v) is 3.69. The number of hydrogen-bond acceptors (Lipinski definition) is 3. The lowest BCUT2D eigenvalue weighted by atomic mass is 9.83. The molecular weight excluding hydrogens is 386 g/mol. The summed E-state index contributed by atoms with van der Waals surface area (Å²) < 4.78 is 0. The normalized spacial score (nSPS) is 13.1. The van der Waals surface area contributed by atoms with Gasteiger partial charge in [-0.15, -0.1) is 0 Å². The lowest BCUT2D eigenvalue weighted by Crippen LogP contribution is -2.23. The van der Waals surface area contributed by atoms with E-state index in [9.17, 15) is 14.4 Å². The molecule has 0 atom stereocenters. The standard InChI is InChI=1S/C27H23NO3/c1-27(2,3)18-14-11-17(12-15-18)13-16-23(29)28-22-10-6-9-21-24(22)26(31)20-8-5-4-7-19(20)25(21)30/h4-16H,1-3H3,(H,28,29)/b16-13-. The van der Waals surface area contributed by atoms with E-state index in [-0.39, 0.29) is 28.5 Å². The Balaban J connectivity index is 1.57. The third-order valence-corrected chi connectivity index (χ3v) is 5.41. The van der Waals surface area contributed by atoms with Gasteiger partial charge in [-0.25, -0.2) is 0 Å². The fourth-order valence-electron chi connectivity index (χ4n) is 3.69. The molecule has 3 aromatic rings. The number of benzene rings is 3. The third-order valence-electron chi connectivity index (χ3n) is 5.41. The smallest absolute Gasteiger partial charge is 0.248 e. The molecule has 1 aliphatic rings. The highest BCUT2D eigenvalue weighted by Gasteiger charge is 2.31. The summed E-state index contributed by atoms with van der Waals surface area (Å²) in [5.74, 6) is -0.842. The second-order valence-corrected chi connectivity index (χ2v) is 8.63. The van der Waals surface area contributed by atoms with E-state index in [1.54, 1.807) is 48.5 Å². The predicted octanol–water partition coefficient (Wildman–Crippen LogP) is 5.41. The maximum atomic E-state index is 13.0. The van der Waals surface area contributed by atoms with Crippen molar-refractivity contribution in [2.75, 3.05) is 5.32 Å². The number of carbonyl (C=O) groups is 3. The average Bonchev–Trinajstić information content (AvgIpc) is 2.75. The number of rotatable bonds is 3. The van der Waals surface area contributed by atoms with Gasteiger partial charge in [0.05, 0.1) is 11.3 Å². The Morgan fingerprint density at radius 3 is 2.03 bits per heavy atom. The zero-order valence-electron chi connectivity index (χ0n) is 17.7. The minimum absolute atomic E-state index is 0.0641. The van der Waals surface area contributed by atoms with Crippen LogP contribution in [0.3, 0.4) is 0 Å². The molecule has 0 aliphatic heterocycles. The van der Waals surface area contributed by atoms with E-state index in [2.05, 4.69) is 26.1 Å². The molecule has 0 saturated heterocycles. The Labute approximate surface area is 181 Å². The van der Waals surface area contributed by atoms with Gasteiger partial charge < -0.3 is 5.32 Å². The number of carbonyl (C=O) groups excluding carboxylic acids is 3. The largest absolute Gasteiger partial charge is 0.322 e. The molecular formula is C27H23NO3. The molecule has 4 nitrogen and oxygen atoms in total. The van der Waals surface area contributed by atoms with Crippen molar-refractivity contribution in [3.05, 3.63) is 106 Å². The summed E-state index contributed by atoms with van der Waals surface area (Å²) in [7, 11) is 0. The Bertz CT molecular complexity index is 1230. The van der Waals surface area contributed by atoms with Crippen LogP contribution in [0.15, 0.2) is 72.8 Å². The van der Waals surface area contributed by atoms with Crippen LogP contribution in [0.25, 0.3) is 6.08 Å². The zero-order chi connectivity index (χ0) is 22.2. The van der Waals surface area contributed by atoms with Crippen LogP contribution in [-0.2, 0) is 10.2 Å². The molecule has 1 N–H and O–H groups in total. The maximum absolute atomic E-state index is 13.0. The van der Waals surface area contributed by atoms with Gasteiger partial charge >= 0.3 is 0 Å². The second-order valence-electron chi connectivity index (χ2n) is 8.63. The number of ketones is 2. The molecule has 0 radical (unpaired) electrons. The molecule has 0 heterocycles. The molecule has 31 heavy (non-hydrogen) atoms. The highest BCUT2D eigenvalue weighted by molar-refractivity contribution is 6.30. The number of amides is 1. The molecule has 0 unspecified atom stereocenters. The first kappa shape index (κ1) is 20.5. The Morgan fingerprint density at radius 2 is 1.39 bits per heavy atom. The fraction of sp³-hybridized carbons (Fsp3) is 0.148. The Morgan fingerprint density at radius 1 is 0.774 bits per heavy atom. The molecule has 1 amide bonds. The van der Waals surface area contributed by atoms with Crippen LogP contribution < -0.4 is 5.32 Å². The van der Waals surface area contributed by atoms with E-state index in [0.717, 1.165) is 5.56 Å². The van der Waals surface area contributed by atoms with Crippen LogP contribution in [0, 0.1) is 0 Å². The minimum atomic E-state index is -0.368. The molecule has 4 rings (SSSR count). The van der Waals surface area contributed by atoms with Crippen LogP contribution in [0.5, 0.6) is 0 Å². The van der Waals surface area contributed by atoms with E-state index >= 15 is 0 Å². The molecule has 3 aromatic carbocycles. The van der Waals surface area contributed by atoms with Gasteiger partial charge in [-0.3, -0.25) is 14.4 Å². The topological polar surface area (TPSA) is 63.2 Å². The highest BCUT2D eigenvalue weighted by atomic mass is 16.2. The second kappa shape index (κ2) is 7.80. The molecule has 0 bridgehead atoms. The zero-order valence-corrected chi connectivity index (χ0v) is 17.7. The third kappa shape index (κ3) is 3.97. The van der Waals surface area contributed by atoms with Gasteiger partial charge in [0.15, 0.2) is 11.6 Å². The average molecular weight is 409 g/mol. The molecule has 0 fully saturated rings. The van der Waals surface area contributed by atoms with Crippen molar-refractivity contribution in [2.45, 2.75) is 26.2 Å². The first-order valence-electron chi connectivity index (χ1n) is 10.2. The molecule has 154 valence electrons. The van der Waals surface area contributed by atoms with Gasteiger partial charge in [0, 0.05) is 22.8 Å². The van der Waals surface area contributed by atoms with Crippen molar-refractivity contribution < 1.29 is 14.4 Å². The van der Waals surface area contributed by atoms with Gasteiger partial charge in [0.2, 0.25) is 5.91 Å². The van der Waals surface area contributed by atoms with E-state index in [4.69, 9.17) is 0 Å². The molecule has 0 aromatic heterocycles. The molecule has 4 heteroatoms. The first-order chi connectivity index (χ1) is 14.8. The van der Waals surface area contributed by atoms with Gasteiger partial charge in [0.1, 0.15) is 0 Å². The number of hydrogen-bond donors (Lipinski definition) is 1.